The predicted molar refractivity (Wildman–Crippen MR) is 426 cm³/mol. The van der Waals surface area contributed by atoms with Crippen molar-refractivity contribution in [3.05, 3.63) is 179 Å². The number of ether oxygens (including phenoxy) is 4. The molecule has 0 bridgehead atoms. The molecule has 16 atom stereocenters. The number of sulfone groups is 2. The number of urea groups is 2. The average molecular weight is 1760 g/mol. The maximum atomic E-state index is 14.0. The molecule has 4 aliphatic rings. The summed E-state index contributed by atoms with van der Waals surface area (Å²) in [5.74, 6) is -2.01. The predicted octanol–water partition coefficient (Wildman–Crippen LogP) is -0.116. The van der Waals surface area contributed by atoms with Crippen LogP contribution in [0.1, 0.15) is 134 Å². The first kappa shape index (κ1) is 102. The first-order valence-electron chi connectivity index (χ1n) is 37.3. The molecular weight excluding hydrogens is 1640 g/mol. The molecule has 6 aromatic carbocycles. The van der Waals surface area contributed by atoms with Gasteiger partial charge in [0.2, 0.25) is 10.4 Å². The van der Waals surface area contributed by atoms with Gasteiger partial charge >= 0.3 is 125 Å². The van der Waals surface area contributed by atoms with Crippen LogP contribution in [0.2, 0.25) is 0 Å². The first-order valence-corrected chi connectivity index (χ1v) is 43.3. The number of nitrogens with one attached hydrogen (secondary N) is 4. The van der Waals surface area contributed by atoms with Crippen LogP contribution < -0.4 is 139 Å². The molecule has 6 aromatic rings. The molecule has 4 aliphatic heterocycles. The minimum absolute atomic E-state index is 0. The summed E-state index contributed by atoms with van der Waals surface area (Å²) in [6, 6.07) is 39.5. The molecule has 0 saturated carbocycles. The minimum Gasteiger partial charge on any atom is -0.855 e. The summed E-state index contributed by atoms with van der Waals surface area (Å²) in [7, 11) is -10.4. The summed E-state index contributed by atoms with van der Waals surface area (Å²) in [6.07, 6.45) is -12.8. The van der Waals surface area contributed by atoms with Gasteiger partial charge in [-0.25, -0.2) is 39.0 Å². The van der Waals surface area contributed by atoms with E-state index in [0.717, 1.165) is 37.1 Å². The largest absolute Gasteiger partial charge is 1.00 e. The Morgan fingerprint density at radius 3 is 1.23 bits per heavy atom. The van der Waals surface area contributed by atoms with Gasteiger partial charge in [-0.05, 0) is 120 Å². The van der Waals surface area contributed by atoms with E-state index >= 15 is 0 Å². The van der Waals surface area contributed by atoms with Crippen molar-refractivity contribution < 1.29 is 227 Å². The Kier molecular flexibility index (Phi) is 40.5. The Balaban J connectivity index is 0.000000567. The molecule has 10 rings (SSSR count). The van der Waals surface area contributed by atoms with E-state index in [2.05, 4.69) is 29.6 Å². The number of nitrogens with zero attached hydrogens (tertiary/aromatic N) is 2. The van der Waals surface area contributed by atoms with Gasteiger partial charge in [0.1, 0.15) is 48.8 Å². The SMILES string of the molecule is CCCC[C@]1(CC)CS(=O)(=O)c2ccc(N(C)C)cc2[C@@H](c2cccc(NC(=O)N[C@@H]3O[C@H](COS(=O)(=O)O)[C@@H](O)[C@H](OCc4ccccc4)[C@H]3O)c2)[C@H]1O.CCCC[C@]1(CC)CS(=O)(=O)c2ccc(N(C)C)cc2[C@@H](c2cccc(NC(=O)N[C@@H]3O[C@H](COS(=O)(=O)[O-])C(O)[C@H](OCc4ccccc4)C3O)c2)[C@H]1O.CC[O-].O.[HH].[HH].[K+].[K+]. The third-order valence-electron chi connectivity index (χ3n) is 20.9. The van der Waals surface area contributed by atoms with Crippen molar-refractivity contribution in [2.45, 2.75) is 194 Å². The van der Waals surface area contributed by atoms with Gasteiger partial charge in [0.05, 0.1) is 59.9 Å². The normalized spacial score (nSPS) is 26.5. The van der Waals surface area contributed by atoms with E-state index in [9.17, 15) is 78.5 Å². The number of benzene rings is 6. The number of unbranched alkanes of at least 4 members (excludes halogenated alkanes) is 2. The van der Waals surface area contributed by atoms with Crippen LogP contribution in [-0.2, 0) is 81.0 Å². The smallest absolute Gasteiger partial charge is 0.855 e. The zero-order valence-corrected chi connectivity index (χ0v) is 76.6. The number of aliphatic hydroxyl groups excluding tert-OH is 6. The average Bonchev–Trinajstić information content (AvgIpc) is 1.59. The fraction of sp³-hybridized carbons (Fsp3) is 0.513. The number of anilines is 4. The number of hydrogen-bond acceptors (Lipinski definition) is 26. The van der Waals surface area contributed by atoms with Crippen LogP contribution >= 0.6 is 0 Å². The van der Waals surface area contributed by atoms with Crippen LogP contribution in [0.15, 0.2) is 155 Å². The van der Waals surface area contributed by atoms with E-state index in [1.54, 1.807) is 153 Å². The molecule has 0 aromatic heterocycles. The molecule has 2 fully saturated rings. The molecule has 0 radical (unpaired) electrons. The Labute approximate surface area is 768 Å². The Hall–Kier alpha value is -4.11. The molecule has 0 spiro atoms. The maximum absolute atomic E-state index is 14.0. The summed E-state index contributed by atoms with van der Waals surface area (Å²) in [4.78, 5) is 30.9. The van der Waals surface area contributed by atoms with Crippen molar-refractivity contribution in [1.29, 1.82) is 0 Å². The molecule has 4 amide bonds. The van der Waals surface area contributed by atoms with Gasteiger partial charge in [-0.3, -0.25) is 8.74 Å². The van der Waals surface area contributed by atoms with Gasteiger partial charge in [-0.15, -0.1) is 6.61 Å². The third-order valence-corrected chi connectivity index (χ3v) is 25.8. The number of carbonyl (C=O) groups excluding carboxylic acids is 2. The van der Waals surface area contributed by atoms with Crippen molar-refractivity contribution in [3.63, 3.8) is 0 Å². The molecule has 13 N–H and O–H groups in total. The Morgan fingerprint density at radius 2 is 0.905 bits per heavy atom. The number of carbonyl (C=O) groups is 2. The number of hydrogen-bond donors (Lipinski definition) is 11. The fourth-order valence-electron chi connectivity index (χ4n) is 14.8. The van der Waals surface area contributed by atoms with E-state index in [4.69, 9.17) is 28.6 Å². The van der Waals surface area contributed by atoms with Gasteiger partial charge < -0.3 is 95.8 Å². The Morgan fingerprint density at radius 1 is 0.543 bits per heavy atom. The monoisotopic (exact) mass is 1750 g/mol. The maximum Gasteiger partial charge on any atom is 1.00 e. The second kappa shape index (κ2) is 45.9. The zero-order valence-electron chi connectivity index (χ0n) is 67.1. The van der Waals surface area contributed by atoms with E-state index in [0.29, 0.717) is 59.1 Å². The standard InChI is InChI=1S/2C38H51N3O12S2.C2H5O.2K.H2O.2H2/c2*1-5-7-18-38(6-2)23-54(46,47)30-17-16-27(41(3)4)20-28(30)31(35(38)44)25-14-11-15-26(19-25)39-37(45)40-36-33(43)34(51-21-24-12-9-8-10-13-24)32(42)29(53-36)22-52-55(48,49)50;1-2-3;;;;;/h2*8-17,19-20,29,31-36,42-44H,5-7,18,21-23H2,1-4H3,(H2,39,40,45)(H,48,49,50);2H2,1H3;;;1H2;2*1H/q;;-1;2*+1;;;/p-1/t29-,31-,32?,33?,34+,35-,36-,38-;29-,31-,32-,33-,34+,35-,36-,38-;;;;;;/m11....../s1. The molecular formula is C78H112K2N6O26S4. The molecule has 636 valence electrons. The van der Waals surface area contributed by atoms with Crippen LogP contribution in [0.3, 0.4) is 0 Å². The fourth-order valence-corrected chi connectivity index (χ4v) is 19.9. The number of fused-ring (bicyclic) bond motifs is 2. The molecule has 4 heterocycles. The summed E-state index contributed by atoms with van der Waals surface area (Å²) in [6.45, 7) is 7.50. The quantitative estimate of drug-likeness (QED) is 0.0173. The minimum atomic E-state index is -5.18. The molecule has 32 nitrogen and oxygen atoms in total. The molecule has 116 heavy (non-hydrogen) atoms. The van der Waals surface area contributed by atoms with E-state index in [-0.39, 0.29) is 164 Å². The third kappa shape index (κ3) is 26.9. The molecule has 0 aliphatic carbocycles. The second-order valence-electron chi connectivity index (χ2n) is 29.1. The van der Waals surface area contributed by atoms with Crippen molar-refractivity contribution in [2.24, 2.45) is 10.8 Å². The van der Waals surface area contributed by atoms with E-state index in [1.165, 1.54) is 0 Å². The van der Waals surface area contributed by atoms with Crippen LogP contribution in [-0.4, -0.2) is 224 Å². The summed E-state index contributed by atoms with van der Waals surface area (Å²) < 4.78 is 153. The summed E-state index contributed by atoms with van der Waals surface area (Å²) in [5.41, 5.74) is 3.52. The van der Waals surface area contributed by atoms with Crippen molar-refractivity contribution in [2.75, 3.05) is 80.0 Å². The van der Waals surface area contributed by atoms with Crippen LogP contribution in [0.5, 0.6) is 0 Å². The first-order chi connectivity index (χ1) is 53.4. The van der Waals surface area contributed by atoms with E-state index < -0.39 is 162 Å². The van der Waals surface area contributed by atoms with Crippen molar-refractivity contribution >= 4 is 75.3 Å². The van der Waals surface area contributed by atoms with Crippen molar-refractivity contribution in [3.8, 4) is 0 Å². The Bertz CT molecular complexity index is 4340. The van der Waals surface area contributed by atoms with Crippen LogP contribution in [0.25, 0.3) is 0 Å². The number of amides is 4. The molecule has 2 saturated heterocycles. The second-order valence-corrected chi connectivity index (χ2v) is 35.1. The van der Waals surface area contributed by atoms with Gasteiger partial charge in [-0.1, -0.05) is 145 Å². The van der Waals surface area contributed by atoms with Gasteiger partial charge in [0.25, 0.3) is 0 Å². The van der Waals surface area contributed by atoms with Gasteiger partial charge in [-0.2, -0.15) is 8.42 Å². The van der Waals surface area contributed by atoms with Crippen LogP contribution in [0, 0.1) is 10.8 Å². The van der Waals surface area contributed by atoms with Gasteiger partial charge in [0.15, 0.2) is 32.1 Å². The number of aliphatic hydroxyl groups is 6. The van der Waals surface area contributed by atoms with Crippen LogP contribution in [0.4, 0.5) is 32.3 Å². The topological polar surface area (TPSA) is 500 Å². The molecule has 38 heteroatoms. The summed E-state index contributed by atoms with van der Waals surface area (Å²) >= 11 is 0. The zero-order chi connectivity index (χ0) is 83.0. The van der Waals surface area contributed by atoms with Gasteiger partial charge in [0, 0.05) is 76.5 Å². The molecule has 2 unspecified atom stereocenters. The van der Waals surface area contributed by atoms with E-state index in [1.807, 2.05) is 65.7 Å². The van der Waals surface area contributed by atoms with Crippen molar-refractivity contribution in [1.82, 2.24) is 10.6 Å². The summed E-state index contributed by atoms with van der Waals surface area (Å²) in [5, 5.41) is 88.2. The number of rotatable bonds is 28.